The van der Waals surface area contributed by atoms with E-state index in [4.69, 9.17) is 18.7 Å². The summed E-state index contributed by atoms with van der Waals surface area (Å²) >= 11 is 0. The largest absolute Gasteiger partial charge is 0.491 e. The third kappa shape index (κ3) is 9.03. The van der Waals surface area contributed by atoms with Crippen LogP contribution in [0.5, 0.6) is 11.5 Å². The van der Waals surface area contributed by atoms with Gasteiger partial charge in [0, 0.05) is 35.0 Å². The van der Waals surface area contributed by atoms with E-state index in [0.29, 0.717) is 45.1 Å². The lowest BCUT2D eigenvalue weighted by atomic mass is 9.94. The third-order valence-corrected chi connectivity index (χ3v) is 12.8. The van der Waals surface area contributed by atoms with E-state index in [1.54, 1.807) is 63.2 Å². The molecule has 0 spiro atoms. The van der Waals surface area contributed by atoms with Crippen LogP contribution in [0.2, 0.25) is 19.6 Å². The predicted octanol–water partition coefficient (Wildman–Crippen LogP) is 8.49. The molecule has 0 saturated carbocycles. The number of halogens is 3. The van der Waals surface area contributed by atoms with Crippen LogP contribution in [0.3, 0.4) is 0 Å². The van der Waals surface area contributed by atoms with Crippen LogP contribution in [0.1, 0.15) is 47.1 Å². The fourth-order valence-corrected chi connectivity index (χ4v) is 7.22. The fourth-order valence-electron chi connectivity index (χ4n) is 5.12. The molecule has 0 aliphatic heterocycles. The van der Waals surface area contributed by atoms with Crippen molar-refractivity contribution in [1.82, 2.24) is 10.1 Å². The van der Waals surface area contributed by atoms with Gasteiger partial charge in [-0.1, -0.05) is 61.2 Å². The molecule has 2 heterocycles. The number of aryl methyl sites for hydroxylation is 4. The lowest BCUT2D eigenvalue weighted by molar-refractivity contribution is -0.133. The van der Waals surface area contributed by atoms with Crippen LogP contribution in [-0.4, -0.2) is 52.4 Å². The Morgan fingerprint density at radius 3 is 2.29 bits per heavy atom. The van der Waals surface area contributed by atoms with Gasteiger partial charge in [0.05, 0.1) is 31.5 Å². The van der Waals surface area contributed by atoms with Gasteiger partial charge in [-0.25, -0.2) is 12.7 Å². The van der Waals surface area contributed by atoms with Gasteiger partial charge >= 0.3 is 6.18 Å². The van der Waals surface area contributed by atoms with Crippen molar-refractivity contribution in [2.75, 3.05) is 18.1 Å². The molecule has 0 fully saturated rings. The third-order valence-electron chi connectivity index (χ3n) is 8.45. The highest BCUT2D eigenvalue weighted by molar-refractivity contribution is 7.93. The Morgan fingerprint density at radius 2 is 1.67 bits per heavy atom. The summed E-state index contributed by atoms with van der Waals surface area (Å²) in [7, 11) is -4.70. The van der Waals surface area contributed by atoms with Crippen molar-refractivity contribution in [3.63, 3.8) is 0 Å². The quantitative estimate of drug-likeness (QED) is 0.0945. The predicted molar refractivity (Wildman–Crippen MR) is 185 cm³/mol. The van der Waals surface area contributed by atoms with Gasteiger partial charge in [-0.15, -0.1) is 0 Å². The van der Waals surface area contributed by atoms with E-state index >= 15 is 0 Å². The monoisotopic (exact) mass is 719 g/mol. The van der Waals surface area contributed by atoms with Crippen molar-refractivity contribution in [3.8, 4) is 22.6 Å². The van der Waals surface area contributed by atoms with Crippen molar-refractivity contribution in [1.29, 1.82) is 0 Å². The molecule has 4 rings (SSSR count). The minimum Gasteiger partial charge on any atom is -0.491 e. The van der Waals surface area contributed by atoms with Crippen LogP contribution in [-0.2, 0) is 27.8 Å². The van der Waals surface area contributed by atoms with Gasteiger partial charge in [0.2, 0.25) is 5.88 Å². The van der Waals surface area contributed by atoms with Gasteiger partial charge in [-0.2, -0.15) is 13.2 Å². The minimum atomic E-state index is -4.43. The van der Waals surface area contributed by atoms with Gasteiger partial charge in [0.15, 0.2) is 11.5 Å². The fraction of sp³-hybridized carbons (Fsp3) is 0.429. The molecule has 49 heavy (non-hydrogen) atoms. The second-order valence-corrected chi connectivity index (χ2v) is 20.5. The maximum absolute atomic E-state index is 14.6. The lowest BCUT2D eigenvalue weighted by Gasteiger charge is -2.29. The molecular formula is C35H44F3N3O6SSi. The molecule has 0 N–H and O–H groups in total. The standard InChI is InChI=1S/C35H44F3N3O6SSi/c1-22-18-31(33(44-6)25(4)39-22)45-20-27-14-15-29(28(19-27)16-17-35(36,37)38)30-12-10-11-13-32(30)48(42,43)41(21-46-26(5)49(7,8)9)34-23(2)24(3)40-47-34/h10-15,18-19,26H,16-17,20-21H2,1-9H3. The minimum absolute atomic E-state index is 0.0110. The normalized spacial score (nSPS) is 13.0. The summed E-state index contributed by atoms with van der Waals surface area (Å²) in [6.45, 7) is 15.0. The molecule has 0 aliphatic carbocycles. The van der Waals surface area contributed by atoms with Gasteiger partial charge in [-0.05, 0) is 63.8 Å². The van der Waals surface area contributed by atoms with E-state index in [-0.39, 0.29) is 41.8 Å². The van der Waals surface area contributed by atoms with E-state index in [9.17, 15) is 21.6 Å². The average Bonchev–Trinajstić information content (AvgIpc) is 3.34. The van der Waals surface area contributed by atoms with Crippen molar-refractivity contribution >= 4 is 24.0 Å². The Bertz CT molecular complexity index is 1890. The number of pyridine rings is 1. The Morgan fingerprint density at radius 1 is 0.980 bits per heavy atom. The number of anilines is 1. The van der Waals surface area contributed by atoms with Crippen LogP contribution < -0.4 is 13.8 Å². The number of alkyl halides is 3. The molecule has 9 nitrogen and oxygen atoms in total. The summed E-state index contributed by atoms with van der Waals surface area (Å²) in [5.74, 6) is 0.925. The first-order valence-corrected chi connectivity index (χ1v) is 20.9. The highest BCUT2D eigenvalue weighted by Crippen LogP contribution is 2.37. The van der Waals surface area contributed by atoms with E-state index in [0.717, 1.165) is 10.00 Å². The molecule has 4 aromatic rings. The van der Waals surface area contributed by atoms with Crippen LogP contribution in [0.25, 0.3) is 11.1 Å². The number of aromatic nitrogens is 2. The summed E-state index contributed by atoms with van der Waals surface area (Å²) in [5.41, 5.74) is 3.71. The Hall–Kier alpha value is -3.88. The summed E-state index contributed by atoms with van der Waals surface area (Å²) in [4.78, 5) is 4.27. The van der Waals surface area contributed by atoms with Crippen LogP contribution in [0.15, 0.2) is 57.9 Å². The first kappa shape index (κ1) is 37.9. The highest BCUT2D eigenvalue weighted by Gasteiger charge is 2.35. The summed E-state index contributed by atoms with van der Waals surface area (Å²) in [6, 6.07) is 12.9. The van der Waals surface area contributed by atoms with Crippen LogP contribution >= 0.6 is 0 Å². The zero-order valence-electron chi connectivity index (χ0n) is 29.4. The van der Waals surface area contributed by atoms with Gasteiger partial charge < -0.3 is 18.7 Å². The molecule has 0 aliphatic rings. The molecule has 0 radical (unpaired) electrons. The molecule has 266 valence electrons. The van der Waals surface area contributed by atoms with E-state index in [1.165, 1.54) is 13.2 Å². The molecule has 2 aromatic carbocycles. The summed E-state index contributed by atoms with van der Waals surface area (Å²) in [5, 5.41) is 3.97. The van der Waals surface area contributed by atoms with Crippen molar-refractivity contribution in [3.05, 3.63) is 82.3 Å². The number of hydrogen-bond acceptors (Lipinski definition) is 8. The van der Waals surface area contributed by atoms with Crippen LogP contribution in [0, 0.1) is 27.7 Å². The molecule has 1 unspecified atom stereocenters. The number of hydrogen-bond donors (Lipinski definition) is 0. The Balaban J connectivity index is 1.79. The van der Waals surface area contributed by atoms with E-state index < -0.39 is 30.7 Å². The van der Waals surface area contributed by atoms with Crippen LogP contribution in [0.4, 0.5) is 19.1 Å². The first-order chi connectivity index (χ1) is 22.8. The molecular weight excluding hydrogens is 676 g/mol. The maximum Gasteiger partial charge on any atom is 0.389 e. The molecule has 0 bridgehead atoms. The Kier molecular flexibility index (Phi) is 11.6. The topological polar surface area (TPSA) is 104 Å². The molecule has 1 atom stereocenters. The van der Waals surface area contributed by atoms with Crippen molar-refractivity contribution in [2.45, 2.75) is 90.5 Å². The highest BCUT2D eigenvalue weighted by atomic mass is 32.2. The summed E-state index contributed by atoms with van der Waals surface area (Å²) < 4.78 is 94.0. The smallest absolute Gasteiger partial charge is 0.389 e. The number of benzene rings is 2. The molecule has 14 heteroatoms. The maximum atomic E-state index is 14.6. The number of sulfonamides is 1. The average molecular weight is 720 g/mol. The van der Waals surface area contributed by atoms with Crippen molar-refractivity contribution in [2.24, 2.45) is 0 Å². The number of ether oxygens (including phenoxy) is 3. The lowest BCUT2D eigenvalue weighted by Crippen LogP contribution is -2.42. The van der Waals surface area contributed by atoms with E-state index in [1.807, 2.05) is 13.8 Å². The van der Waals surface area contributed by atoms with Gasteiger partial charge in [0.1, 0.15) is 13.3 Å². The molecule has 2 aromatic heterocycles. The number of methoxy groups -OCH3 is 1. The number of rotatable bonds is 14. The second-order valence-electron chi connectivity index (χ2n) is 13.1. The molecule has 0 amide bonds. The van der Waals surface area contributed by atoms with Gasteiger partial charge in [-0.3, -0.25) is 4.98 Å². The Labute approximate surface area is 287 Å². The first-order valence-electron chi connectivity index (χ1n) is 15.8. The zero-order chi connectivity index (χ0) is 36.3. The second kappa shape index (κ2) is 14.9. The number of nitrogens with zero attached hydrogens (tertiary/aromatic N) is 3. The SMILES string of the molecule is COc1c(OCc2ccc(-c3ccccc3S(=O)(=O)N(COC(C)[Si](C)(C)C)c3onc(C)c3C)c(CCC(F)(F)F)c2)cc(C)nc1C. The molecule has 0 saturated heterocycles. The zero-order valence-corrected chi connectivity index (χ0v) is 31.2. The van der Waals surface area contributed by atoms with Crippen molar-refractivity contribution < 1.29 is 40.3 Å². The van der Waals surface area contributed by atoms with Gasteiger partial charge in [0.25, 0.3) is 10.0 Å². The summed E-state index contributed by atoms with van der Waals surface area (Å²) in [6.07, 6.45) is -5.91. The van der Waals surface area contributed by atoms with E-state index in [2.05, 4.69) is 29.8 Å².